The highest BCUT2D eigenvalue weighted by molar-refractivity contribution is 7.17. The lowest BCUT2D eigenvalue weighted by atomic mass is 10.2. The van der Waals surface area contributed by atoms with E-state index in [2.05, 4.69) is 0 Å². The number of carbonyl (C=O) groups excluding carboxylic acids is 1. The molecule has 0 amide bonds. The Hall–Kier alpha value is -1.35. The Labute approximate surface area is 79.8 Å². The van der Waals surface area contributed by atoms with E-state index in [1.807, 2.05) is 17.5 Å². The number of thiophene rings is 1. The summed E-state index contributed by atoms with van der Waals surface area (Å²) in [5.74, 6) is 0.683. The first kappa shape index (κ1) is 8.26. The normalized spacial score (nSPS) is 10.2. The molecule has 0 fully saturated rings. The van der Waals surface area contributed by atoms with Gasteiger partial charge in [-0.3, -0.25) is 4.79 Å². The summed E-state index contributed by atoms with van der Waals surface area (Å²) < 4.78 is 6.22. The molecule has 0 radical (unpaired) electrons. The summed E-state index contributed by atoms with van der Waals surface area (Å²) in [5.41, 5.74) is 0.609. The maximum Gasteiger partial charge on any atom is 0.153 e. The van der Waals surface area contributed by atoms with Crippen molar-refractivity contribution in [2.45, 2.75) is 0 Å². The minimum absolute atomic E-state index is 0.609. The van der Waals surface area contributed by atoms with E-state index in [-0.39, 0.29) is 0 Å². The molecule has 2 aromatic rings. The van der Waals surface area contributed by atoms with Gasteiger partial charge in [0.15, 0.2) is 6.29 Å². The van der Waals surface area contributed by atoms with Crippen molar-refractivity contribution in [2.75, 3.05) is 7.11 Å². The molecule has 1 aromatic heterocycles. The number of aldehydes is 1. The average Bonchev–Trinajstić information content (AvgIpc) is 2.63. The predicted octanol–water partition coefficient (Wildman–Crippen LogP) is 2.72. The second-order valence-corrected chi connectivity index (χ2v) is 3.56. The Morgan fingerprint density at radius 1 is 1.38 bits per heavy atom. The molecule has 0 spiro atoms. The van der Waals surface area contributed by atoms with Crippen molar-refractivity contribution < 1.29 is 9.53 Å². The van der Waals surface area contributed by atoms with E-state index in [0.717, 1.165) is 16.4 Å². The van der Waals surface area contributed by atoms with Crippen LogP contribution < -0.4 is 4.74 Å². The summed E-state index contributed by atoms with van der Waals surface area (Å²) in [7, 11) is 1.58. The van der Waals surface area contributed by atoms with E-state index in [0.29, 0.717) is 11.3 Å². The summed E-state index contributed by atoms with van der Waals surface area (Å²) in [6, 6.07) is 5.72. The van der Waals surface area contributed by atoms with Crippen LogP contribution in [0.5, 0.6) is 5.75 Å². The van der Waals surface area contributed by atoms with Gasteiger partial charge in [-0.15, -0.1) is 11.3 Å². The van der Waals surface area contributed by atoms with E-state index in [1.54, 1.807) is 24.5 Å². The molecule has 66 valence electrons. The lowest BCUT2D eigenvalue weighted by Crippen LogP contribution is -1.89. The minimum atomic E-state index is 0.609. The third-order valence-electron chi connectivity index (χ3n) is 1.94. The maximum atomic E-state index is 10.7. The zero-order valence-corrected chi connectivity index (χ0v) is 7.93. The topological polar surface area (TPSA) is 26.3 Å². The molecule has 0 saturated carbocycles. The average molecular weight is 192 g/mol. The molecule has 2 nitrogen and oxygen atoms in total. The molecule has 0 unspecified atom stereocenters. The smallest absolute Gasteiger partial charge is 0.153 e. The summed E-state index contributed by atoms with van der Waals surface area (Å²) in [6.45, 7) is 0. The molecule has 0 N–H and O–H groups in total. The molecule has 1 aromatic carbocycles. The largest absolute Gasteiger partial charge is 0.494 e. The maximum absolute atomic E-state index is 10.7. The van der Waals surface area contributed by atoms with Gasteiger partial charge in [-0.05, 0) is 22.9 Å². The van der Waals surface area contributed by atoms with Gasteiger partial charge < -0.3 is 4.74 Å². The third-order valence-corrected chi connectivity index (χ3v) is 2.87. The molecule has 1 heterocycles. The van der Waals surface area contributed by atoms with E-state index >= 15 is 0 Å². The van der Waals surface area contributed by atoms with Crippen molar-refractivity contribution in [2.24, 2.45) is 0 Å². The van der Waals surface area contributed by atoms with Gasteiger partial charge >= 0.3 is 0 Å². The lowest BCUT2D eigenvalue weighted by Gasteiger charge is -2.03. The number of hydrogen-bond acceptors (Lipinski definition) is 3. The summed E-state index contributed by atoms with van der Waals surface area (Å²) in [4.78, 5) is 10.7. The Morgan fingerprint density at radius 2 is 2.23 bits per heavy atom. The Kier molecular flexibility index (Phi) is 2.02. The van der Waals surface area contributed by atoms with E-state index in [9.17, 15) is 4.79 Å². The van der Waals surface area contributed by atoms with Crippen LogP contribution in [0.3, 0.4) is 0 Å². The van der Waals surface area contributed by atoms with Crippen LogP contribution in [0.4, 0.5) is 0 Å². The fourth-order valence-electron chi connectivity index (χ4n) is 1.32. The van der Waals surface area contributed by atoms with Gasteiger partial charge in [0, 0.05) is 0 Å². The highest BCUT2D eigenvalue weighted by Gasteiger charge is 2.07. The van der Waals surface area contributed by atoms with E-state index in [1.165, 1.54) is 0 Å². The zero-order valence-electron chi connectivity index (χ0n) is 7.11. The molecule has 13 heavy (non-hydrogen) atoms. The molecule has 0 saturated heterocycles. The van der Waals surface area contributed by atoms with Crippen LogP contribution in [0, 0.1) is 0 Å². The van der Waals surface area contributed by atoms with Gasteiger partial charge in [-0.25, -0.2) is 0 Å². The molecule has 0 bridgehead atoms. The van der Waals surface area contributed by atoms with Crippen molar-refractivity contribution in [1.82, 2.24) is 0 Å². The first-order valence-electron chi connectivity index (χ1n) is 3.86. The number of benzene rings is 1. The van der Waals surface area contributed by atoms with Crippen molar-refractivity contribution in [3.63, 3.8) is 0 Å². The SMILES string of the molecule is COc1c(C=O)ccc2ccsc12. The molecular weight excluding hydrogens is 184 g/mol. The number of carbonyl (C=O) groups is 1. The number of rotatable bonds is 2. The van der Waals surface area contributed by atoms with Gasteiger partial charge in [-0.1, -0.05) is 6.07 Å². The summed E-state index contributed by atoms with van der Waals surface area (Å²) >= 11 is 1.58. The lowest BCUT2D eigenvalue weighted by molar-refractivity contribution is 0.112. The van der Waals surface area contributed by atoms with Crippen LogP contribution in [-0.4, -0.2) is 13.4 Å². The number of fused-ring (bicyclic) bond motifs is 1. The fourth-order valence-corrected chi connectivity index (χ4v) is 2.26. The van der Waals surface area contributed by atoms with Crippen molar-refractivity contribution in [3.8, 4) is 5.75 Å². The molecule has 0 aliphatic carbocycles. The highest BCUT2D eigenvalue weighted by Crippen LogP contribution is 2.32. The van der Waals surface area contributed by atoms with Gasteiger partial charge in [0.2, 0.25) is 0 Å². The second kappa shape index (κ2) is 3.18. The summed E-state index contributed by atoms with van der Waals surface area (Å²) in [6.07, 6.45) is 0.817. The quantitative estimate of drug-likeness (QED) is 0.684. The molecule has 0 aliphatic heterocycles. The van der Waals surface area contributed by atoms with Crippen LogP contribution in [-0.2, 0) is 0 Å². The molecule has 0 aliphatic rings. The van der Waals surface area contributed by atoms with Crippen molar-refractivity contribution in [3.05, 3.63) is 29.1 Å². The second-order valence-electron chi connectivity index (χ2n) is 2.64. The third kappa shape index (κ3) is 1.21. The van der Waals surface area contributed by atoms with Crippen LogP contribution in [0.2, 0.25) is 0 Å². The number of ether oxygens (including phenoxy) is 1. The molecule has 0 atom stereocenters. The van der Waals surface area contributed by atoms with E-state index in [4.69, 9.17) is 4.74 Å². The van der Waals surface area contributed by atoms with Gasteiger partial charge in [0.25, 0.3) is 0 Å². The van der Waals surface area contributed by atoms with Crippen LogP contribution >= 0.6 is 11.3 Å². The van der Waals surface area contributed by atoms with Crippen LogP contribution in [0.1, 0.15) is 10.4 Å². The first-order valence-corrected chi connectivity index (χ1v) is 4.74. The summed E-state index contributed by atoms with van der Waals surface area (Å²) in [5, 5.41) is 3.11. The Bertz CT molecular complexity index is 445. The number of hydrogen-bond donors (Lipinski definition) is 0. The van der Waals surface area contributed by atoms with Gasteiger partial charge in [0.1, 0.15) is 5.75 Å². The highest BCUT2D eigenvalue weighted by atomic mass is 32.1. The Balaban J connectivity index is 2.81. The van der Waals surface area contributed by atoms with Crippen molar-refractivity contribution in [1.29, 1.82) is 0 Å². The molecule has 3 heteroatoms. The van der Waals surface area contributed by atoms with E-state index < -0.39 is 0 Å². The standard InChI is InChI=1S/C10H8O2S/c1-12-9-8(6-11)3-2-7-4-5-13-10(7)9/h2-6H,1H3. The molecule has 2 rings (SSSR count). The minimum Gasteiger partial charge on any atom is -0.494 e. The monoisotopic (exact) mass is 192 g/mol. The Morgan fingerprint density at radius 3 is 2.92 bits per heavy atom. The first-order chi connectivity index (χ1) is 6.36. The predicted molar refractivity (Wildman–Crippen MR) is 53.8 cm³/mol. The number of methoxy groups -OCH3 is 1. The van der Waals surface area contributed by atoms with Crippen LogP contribution in [0.15, 0.2) is 23.6 Å². The van der Waals surface area contributed by atoms with Gasteiger partial charge in [-0.2, -0.15) is 0 Å². The van der Waals surface area contributed by atoms with Gasteiger partial charge in [0.05, 0.1) is 17.4 Å². The van der Waals surface area contributed by atoms with Crippen LogP contribution in [0.25, 0.3) is 10.1 Å². The van der Waals surface area contributed by atoms with Crippen molar-refractivity contribution >= 4 is 27.7 Å². The fraction of sp³-hybridized carbons (Fsp3) is 0.100. The zero-order chi connectivity index (χ0) is 9.26. The molecular formula is C10H8O2S.